The molecular weight excluding hydrogens is 250 g/mol. The summed E-state index contributed by atoms with van der Waals surface area (Å²) in [4.78, 5) is 9.29. The minimum absolute atomic E-state index is 0.160. The van der Waals surface area contributed by atoms with Crippen molar-refractivity contribution in [3.05, 3.63) is 22.8 Å². The van der Waals surface area contributed by atoms with Crippen molar-refractivity contribution < 1.29 is 4.74 Å². The average molecular weight is 279 g/mol. The normalized spacial score (nSPS) is 14.3. The quantitative estimate of drug-likeness (QED) is 0.794. The van der Waals surface area contributed by atoms with Crippen LogP contribution in [0.5, 0.6) is 0 Å². The average Bonchev–Trinajstić information content (AvgIpc) is 2.40. The predicted octanol–water partition coefficient (Wildman–Crippen LogP) is 2.46. The van der Waals surface area contributed by atoms with Gasteiger partial charge < -0.3 is 10.1 Å². The van der Waals surface area contributed by atoms with Crippen LogP contribution >= 0.6 is 0 Å². The summed E-state index contributed by atoms with van der Waals surface area (Å²) < 4.78 is 5.28. The third-order valence-electron chi connectivity index (χ3n) is 3.63. The third kappa shape index (κ3) is 5.17. The molecule has 0 bridgehead atoms. The number of hydrogen-bond acceptors (Lipinski definition) is 4. The minimum atomic E-state index is 0.160. The lowest BCUT2D eigenvalue weighted by Crippen LogP contribution is -2.23. The second kappa shape index (κ2) is 8.32. The first-order valence-corrected chi connectivity index (χ1v) is 7.54. The van der Waals surface area contributed by atoms with E-state index < -0.39 is 0 Å². The second-order valence-corrected chi connectivity index (χ2v) is 5.66. The fourth-order valence-electron chi connectivity index (χ4n) is 2.35. The molecule has 1 aromatic heterocycles. The molecule has 0 saturated heterocycles. The summed E-state index contributed by atoms with van der Waals surface area (Å²) in [6.07, 6.45) is 1.96. The summed E-state index contributed by atoms with van der Waals surface area (Å²) in [5, 5.41) is 3.39. The second-order valence-electron chi connectivity index (χ2n) is 5.66. The van der Waals surface area contributed by atoms with E-state index in [1.807, 2.05) is 6.92 Å². The maximum absolute atomic E-state index is 5.28. The molecule has 4 nitrogen and oxygen atoms in total. The van der Waals surface area contributed by atoms with E-state index >= 15 is 0 Å². The van der Waals surface area contributed by atoms with Crippen LogP contribution in [-0.4, -0.2) is 36.3 Å². The topological polar surface area (TPSA) is 47.0 Å². The van der Waals surface area contributed by atoms with Crippen molar-refractivity contribution in [1.82, 2.24) is 15.3 Å². The summed E-state index contributed by atoms with van der Waals surface area (Å²) in [6.45, 7) is 12.7. The van der Waals surface area contributed by atoms with Gasteiger partial charge in [0.05, 0.1) is 6.10 Å². The highest BCUT2D eigenvalue weighted by molar-refractivity contribution is 5.25. The Morgan fingerprint density at radius 2 is 1.70 bits per heavy atom. The molecule has 0 aliphatic rings. The van der Waals surface area contributed by atoms with E-state index in [0.717, 1.165) is 43.1 Å². The third-order valence-corrected chi connectivity index (χ3v) is 3.63. The van der Waals surface area contributed by atoms with Gasteiger partial charge in [0.25, 0.3) is 0 Å². The Morgan fingerprint density at radius 1 is 1.10 bits per heavy atom. The van der Waals surface area contributed by atoms with Crippen LogP contribution in [-0.2, 0) is 17.6 Å². The van der Waals surface area contributed by atoms with Gasteiger partial charge >= 0.3 is 0 Å². The first-order chi connectivity index (χ1) is 9.47. The number of nitrogens with one attached hydrogen (secondary N) is 1. The number of ether oxygens (including phenoxy) is 1. The lowest BCUT2D eigenvalue weighted by atomic mass is 9.98. The van der Waals surface area contributed by atoms with Crippen LogP contribution in [0.25, 0.3) is 0 Å². The molecule has 1 N–H and O–H groups in total. The van der Waals surface area contributed by atoms with Gasteiger partial charge in [-0.25, -0.2) is 9.97 Å². The number of rotatable bonds is 8. The van der Waals surface area contributed by atoms with Crippen LogP contribution in [0.1, 0.15) is 43.5 Å². The first kappa shape index (κ1) is 17.1. The van der Waals surface area contributed by atoms with Crippen LogP contribution in [0.4, 0.5) is 0 Å². The van der Waals surface area contributed by atoms with Crippen molar-refractivity contribution in [3.63, 3.8) is 0 Å². The molecule has 0 spiro atoms. The zero-order chi connectivity index (χ0) is 15.1. The van der Waals surface area contributed by atoms with Crippen LogP contribution < -0.4 is 5.32 Å². The van der Waals surface area contributed by atoms with Gasteiger partial charge in [-0.15, -0.1) is 0 Å². The molecule has 0 amide bonds. The van der Waals surface area contributed by atoms with Gasteiger partial charge in [0.2, 0.25) is 0 Å². The molecule has 0 aliphatic heterocycles. The summed E-state index contributed by atoms with van der Waals surface area (Å²) in [7, 11) is 1.72. The zero-order valence-electron chi connectivity index (χ0n) is 13.8. The molecule has 0 aromatic carbocycles. The molecule has 0 fully saturated rings. The van der Waals surface area contributed by atoms with E-state index in [4.69, 9.17) is 4.74 Å². The van der Waals surface area contributed by atoms with Crippen LogP contribution in [0, 0.1) is 19.8 Å². The van der Waals surface area contributed by atoms with E-state index in [0.29, 0.717) is 5.92 Å². The van der Waals surface area contributed by atoms with Crippen LogP contribution in [0.2, 0.25) is 0 Å². The largest absolute Gasteiger partial charge is 0.381 e. The standard InChI is InChI=1S/C16H29N3O/c1-7-17-10-11(2)8-15-13(4)18-16(19-14(15)5)9-12(3)20-6/h11-12,17H,7-10H2,1-6H3. The zero-order valence-corrected chi connectivity index (χ0v) is 13.8. The van der Waals surface area contributed by atoms with Crippen molar-refractivity contribution >= 4 is 0 Å². The lowest BCUT2D eigenvalue weighted by molar-refractivity contribution is 0.117. The molecular formula is C16H29N3O. The molecule has 1 heterocycles. The summed E-state index contributed by atoms with van der Waals surface area (Å²) in [6, 6.07) is 0. The smallest absolute Gasteiger partial charge is 0.131 e. The molecule has 0 aliphatic carbocycles. The molecule has 1 aromatic rings. The molecule has 2 unspecified atom stereocenters. The first-order valence-electron chi connectivity index (χ1n) is 7.54. The van der Waals surface area contributed by atoms with Crippen LogP contribution in [0.3, 0.4) is 0 Å². The minimum Gasteiger partial charge on any atom is -0.381 e. The molecule has 0 radical (unpaired) electrons. The van der Waals surface area contributed by atoms with Gasteiger partial charge in [-0.3, -0.25) is 0 Å². The summed E-state index contributed by atoms with van der Waals surface area (Å²) >= 11 is 0. The van der Waals surface area contributed by atoms with Crippen molar-refractivity contribution in [2.24, 2.45) is 5.92 Å². The van der Waals surface area contributed by atoms with Gasteiger partial charge in [0.15, 0.2) is 0 Å². The maximum Gasteiger partial charge on any atom is 0.131 e. The summed E-state index contributed by atoms with van der Waals surface area (Å²) in [5.41, 5.74) is 3.52. The molecule has 0 saturated carbocycles. The molecule has 4 heteroatoms. The van der Waals surface area contributed by atoms with Crippen molar-refractivity contribution in [2.75, 3.05) is 20.2 Å². The fraction of sp³-hybridized carbons (Fsp3) is 0.750. The maximum atomic E-state index is 5.28. The number of nitrogens with zero attached hydrogens (tertiary/aromatic N) is 2. The number of aryl methyl sites for hydroxylation is 2. The highest BCUT2D eigenvalue weighted by atomic mass is 16.5. The predicted molar refractivity (Wildman–Crippen MR) is 83.1 cm³/mol. The Hall–Kier alpha value is -1.00. The van der Waals surface area contributed by atoms with E-state index in [2.05, 4.69) is 43.0 Å². The Labute approximate surface area is 123 Å². The highest BCUT2D eigenvalue weighted by Gasteiger charge is 2.13. The Morgan fingerprint density at radius 3 is 2.20 bits per heavy atom. The number of hydrogen-bond donors (Lipinski definition) is 1. The summed E-state index contributed by atoms with van der Waals surface area (Å²) in [5.74, 6) is 1.48. The van der Waals surface area contributed by atoms with Gasteiger partial charge in [-0.05, 0) is 51.8 Å². The van der Waals surface area contributed by atoms with E-state index in [-0.39, 0.29) is 6.10 Å². The van der Waals surface area contributed by atoms with Crippen molar-refractivity contribution in [2.45, 2.75) is 53.6 Å². The van der Waals surface area contributed by atoms with Crippen molar-refractivity contribution in [3.8, 4) is 0 Å². The molecule has 1 rings (SSSR count). The van der Waals surface area contributed by atoms with Crippen molar-refractivity contribution in [1.29, 1.82) is 0 Å². The Kier molecular flexibility index (Phi) is 7.10. The number of methoxy groups -OCH3 is 1. The van der Waals surface area contributed by atoms with E-state index in [1.54, 1.807) is 7.11 Å². The highest BCUT2D eigenvalue weighted by Crippen LogP contribution is 2.16. The molecule has 114 valence electrons. The molecule has 20 heavy (non-hydrogen) atoms. The van der Waals surface area contributed by atoms with Gasteiger partial charge in [0.1, 0.15) is 5.82 Å². The van der Waals surface area contributed by atoms with E-state index in [9.17, 15) is 0 Å². The van der Waals surface area contributed by atoms with Gasteiger partial charge in [0, 0.05) is 24.9 Å². The monoisotopic (exact) mass is 279 g/mol. The van der Waals surface area contributed by atoms with Gasteiger partial charge in [-0.1, -0.05) is 13.8 Å². The Bertz CT molecular complexity index is 397. The number of aromatic nitrogens is 2. The molecule has 2 atom stereocenters. The fourth-order valence-corrected chi connectivity index (χ4v) is 2.35. The lowest BCUT2D eigenvalue weighted by Gasteiger charge is -2.16. The van der Waals surface area contributed by atoms with Crippen LogP contribution in [0.15, 0.2) is 0 Å². The SMILES string of the molecule is CCNCC(C)Cc1c(C)nc(CC(C)OC)nc1C. The van der Waals surface area contributed by atoms with E-state index in [1.165, 1.54) is 5.56 Å². The Balaban J connectivity index is 2.78. The van der Waals surface area contributed by atoms with Gasteiger partial charge in [-0.2, -0.15) is 0 Å².